The van der Waals surface area contributed by atoms with E-state index in [0.29, 0.717) is 40.0 Å². The first-order valence-electron chi connectivity index (χ1n) is 10.2. The van der Waals surface area contributed by atoms with E-state index in [1.54, 1.807) is 75.0 Å². The van der Waals surface area contributed by atoms with Gasteiger partial charge >= 0.3 is 0 Å². The molecular formula is C25H24N2O6. The van der Waals surface area contributed by atoms with Crippen LogP contribution in [0.25, 0.3) is 11.3 Å². The Morgan fingerprint density at radius 2 is 1.70 bits per heavy atom. The minimum absolute atomic E-state index is 0.162. The SMILES string of the molecule is COc1ccc(C(=O)N(Cc2cc(-c3ccc(OC)c(OC)c3)on2)Cc2ccco2)cc1. The van der Waals surface area contributed by atoms with Crippen molar-refractivity contribution in [3.05, 3.63) is 83.9 Å². The number of benzene rings is 2. The average Bonchev–Trinajstić information content (AvgIpc) is 3.55. The molecule has 0 atom stereocenters. The van der Waals surface area contributed by atoms with Gasteiger partial charge in [-0.2, -0.15) is 0 Å². The second kappa shape index (κ2) is 9.95. The maximum atomic E-state index is 13.3. The van der Waals surface area contributed by atoms with Gasteiger partial charge in [0, 0.05) is 17.2 Å². The van der Waals surface area contributed by atoms with Gasteiger partial charge in [0.05, 0.1) is 40.7 Å². The standard InChI is InChI=1S/C25H24N2O6/c1-29-20-9-6-17(7-10-20)25(28)27(16-21-5-4-12-32-21)15-19-14-23(33-26-19)18-8-11-22(30-2)24(13-18)31-3/h4-14H,15-16H2,1-3H3. The van der Waals surface area contributed by atoms with Gasteiger partial charge in [0.25, 0.3) is 5.91 Å². The van der Waals surface area contributed by atoms with Crippen molar-refractivity contribution in [1.29, 1.82) is 0 Å². The fourth-order valence-corrected chi connectivity index (χ4v) is 3.41. The Kier molecular flexibility index (Phi) is 6.64. The van der Waals surface area contributed by atoms with Crippen LogP contribution in [0.3, 0.4) is 0 Å². The average molecular weight is 448 g/mol. The molecule has 33 heavy (non-hydrogen) atoms. The van der Waals surface area contributed by atoms with Gasteiger partial charge < -0.3 is 28.1 Å². The Morgan fingerprint density at radius 3 is 2.36 bits per heavy atom. The molecule has 2 heterocycles. The quantitative estimate of drug-likeness (QED) is 0.363. The fraction of sp³-hybridized carbons (Fsp3) is 0.200. The fourth-order valence-electron chi connectivity index (χ4n) is 3.41. The first kappa shape index (κ1) is 22.0. The molecule has 1 amide bonds. The third-order valence-corrected chi connectivity index (χ3v) is 5.13. The van der Waals surface area contributed by atoms with E-state index in [1.807, 2.05) is 18.2 Å². The lowest BCUT2D eigenvalue weighted by molar-refractivity contribution is 0.0713. The highest BCUT2D eigenvalue weighted by atomic mass is 16.5. The molecule has 0 aliphatic heterocycles. The number of carbonyl (C=O) groups excluding carboxylic acids is 1. The summed E-state index contributed by atoms with van der Waals surface area (Å²) in [5, 5.41) is 4.17. The van der Waals surface area contributed by atoms with Crippen LogP contribution in [0.5, 0.6) is 17.2 Å². The van der Waals surface area contributed by atoms with Crippen LogP contribution in [0.1, 0.15) is 21.8 Å². The summed E-state index contributed by atoms with van der Waals surface area (Å²) in [7, 11) is 4.74. The Hall–Kier alpha value is -4.20. The number of ether oxygens (including phenoxy) is 3. The van der Waals surface area contributed by atoms with Crippen molar-refractivity contribution in [3.8, 4) is 28.6 Å². The number of nitrogens with zero attached hydrogens (tertiary/aromatic N) is 2. The molecular weight excluding hydrogens is 424 g/mol. The molecule has 2 aromatic heterocycles. The van der Waals surface area contributed by atoms with Crippen LogP contribution in [0.4, 0.5) is 0 Å². The molecule has 8 nitrogen and oxygen atoms in total. The molecule has 0 aliphatic carbocycles. The summed E-state index contributed by atoms with van der Waals surface area (Å²) in [6, 6.07) is 17.9. The summed E-state index contributed by atoms with van der Waals surface area (Å²) in [6.45, 7) is 0.527. The Labute approximate surface area is 191 Å². The van der Waals surface area contributed by atoms with Crippen LogP contribution < -0.4 is 14.2 Å². The van der Waals surface area contributed by atoms with Gasteiger partial charge in [-0.15, -0.1) is 0 Å². The number of hydrogen-bond acceptors (Lipinski definition) is 7. The van der Waals surface area contributed by atoms with Crippen LogP contribution in [-0.4, -0.2) is 37.3 Å². The summed E-state index contributed by atoms with van der Waals surface area (Å²) in [5.74, 6) is 2.95. The highest BCUT2D eigenvalue weighted by Crippen LogP contribution is 2.32. The number of furan rings is 1. The molecule has 0 unspecified atom stereocenters. The van der Waals surface area contributed by atoms with Crippen LogP contribution in [-0.2, 0) is 13.1 Å². The third kappa shape index (κ3) is 5.01. The van der Waals surface area contributed by atoms with Crippen LogP contribution in [0.2, 0.25) is 0 Å². The van der Waals surface area contributed by atoms with Crippen LogP contribution in [0, 0.1) is 0 Å². The Bertz CT molecular complexity index is 1200. The van der Waals surface area contributed by atoms with Crippen molar-refractivity contribution >= 4 is 5.91 Å². The van der Waals surface area contributed by atoms with Crippen molar-refractivity contribution in [2.75, 3.05) is 21.3 Å². The Balaban J connectivity index is 1.57. The molecule has 0 N–H and O–H groups in total. The molecule has 0 saturated carbocycles. The first-order chi connectivity index (χ1) is 16.1. The topological polar surface area (TPSA) is 87.2 Å². The summed E-state index contributed by atoms with van der Waals surface area (Å²) in [6.07, 6.45) is 1.58. The lowest BCUT2D eigenvalue weighted by Crippen LogP contribution is -2.30. The van der Waals surface area contributed by atoms with Crippen LogP contribution in [0.15, 0.2) is 75.9 Å². The van der Waals surface area contributed by atoms with Gasteiger partial charge in [0.2, 0.25) is 0 Å². The lowest BCUT2D eigenvalue weighted by atomic mass is 10.1. The second-order valence-corrected chi connectivity index (χ2v) is 7.22. The predicted octanol–water partition coefficient (Wildman–Crippen LogP) is 4.80. The van der Waals surface area contributed by atoms with Crippen molar-refractivity contribution < 1.29 is 27.9 Å². The first-order valence-corrected chi connectivity index (χ1v) is 10.2. The van der Waals surface area contributed by atoms with E-state index in [0.717, 1.165) is 5.56 Å². The van der Waals surface area contributed by atoms with E-state index in [4.69, 9.17) is 23.2 Å². The molecule has 0 aliphatic rings. The van der Waals surface area contributed by atoms with Crippen LogP contribution >= 0.6 is 0 Å². The zero-order valence-electron chi connectivity index (χ0n) is 18.6. The van der Waals surface area contributed by atoms with Crippen molar-refractivity contribution in [1.82, 2.24) is 10.1 Å². The largest absolute Gasteiger partial charge is 0.497 e. The molecule has 4 aromatic rings. The molecule has 0 bridgehead atoms. The van der Waals surface area contributed by atoms with E-state index in [2.05, 4.69) is 5.16 Å². The summed E-state index contributed by atoms with van der Waals surface area (Å²) in [4.78, 5) is 14.9. The molecule has 0 radical (unpaired) electrons. The van der Waals surface area contributed by atoms with Gasteiger partial charge in [-0.3, -0.25) is 4.79 Å². The normalized spacial score (nSPS) is 10.6. The summed E-state index contributed by atoms with van der Waals surface area (Å²) in [5.41, 5.74) is 1.92. The molecule has 0 spiro atoms. The monoisotopic (exact) mass is 448 g/mol. The lowest BCUT2D eigenvalue weighted by Gasteiger charge is -2.20. The van der Waals surface area contributed by atoms with E-state index in [9.17, 15) is 4.79 Å². The molecule has 8 heteroatoms. The predicted molar refractivity (Wildman–Crippen MR) is 120 cm³/mol. The number of rotatable bonds is 9. The van der Waals surface area contributed by atoms with Crippen molar-refractivity contribution in [2.45, 2.75) is 13.1 Å². The van der Waals surface area contributed by atoms with Gasteiger partial charge in [-0.25, -0.2) is 0 Å². The second-order valence-electron chi connectivity index (χ2n) is 7.22. The van der Waals surface area contributed by atoms with E-state index >= 15 is 0 Å². The maximum Gasteiger partial charge on any atom is 0.254 e. The molecule has 4 rings (SSSR count). The van der Waals surface area contributed by atoms with Crippen molar-refractivity contribution in [3.63, 3.8) is 0 Å². The zero-order valence-corrected chi connectivity index (χ0v) is 18.6. The molecule has 0 fully saturated rings. The molecule has 0 saturated heterocycles. The van der Waals surface area contributed by atoms with E-state index in [1.165, 1.54) is 0 Å². The minimum Gasteiger partial charge on any atom is -0.497 e. The third-order valence-electron chi connectivity index (χ3n) is 5.13. The van der Waals surface area contributed by atoms with Gasteiger partial charge in [-0.1, -0.05) is 5.16 Å². The summed E-state index contributed by atoms with van der Waals surface area (Å²) >= 11 is 0. The van der Waals surface area contributed by atoms with Crippen molar-refractivity contribution in [2.24, 2.45) is 0 Å². The maximum absolute atomic E-state index is 13.3. The Morgan fingerprint density at radius 1 is 0.909 bits per heavy atom. The van der Waals surface area contributed by atoms with Gasteiger partial charge in [0.15, 0.2) is 17.3 Å². The highest BCUT2D eigenvalue weighted by molar-refractivity contribution is 5.94. The number of methoxy groups -OCH3 is 3. The van der Waals surface area contributed by atoms with E-state index in [-0.39, 0.29) is 19.0 Å². The number of amides is 1. The number of aromatic nitrogens is 1. The molecule has 2 aromatic carbocycles. The number of hydrogen-bond donors (Lipinski definition) is 0. The van der Waals surface area contributed by atoms with Gasteiger partial charge in [-0.05, 0) is 54.6 Å². The number of carbonyl (C=O) groups is 1. The minimum atomic E-state index is -0.162. The summed E-state index contributed by atoms with van der Waals surface area (Å²) < 4.78 is 26.9. The zero-order chi connectivity index (χ0) is 23.2. The van der Waals surface area contributed by atoms with Gasteiger partial charge in [0.1, 0.15) is 17.2 Å². The highest BCUT2D eigenvalue weighted by Gasteiger charge is 2.20. The molecule has 170 valence electrons. The van der Waals surface area contributed by atoms with E-state index < -0.39 is 0 Å². The smallest absolute Gasteiger partial charge is 0.254 e.